The van der Waals surface area contributed by atoms with E-state index in [1.807, 2.05) is 0 Å². The fourth-order valence-electron chi connectivity index (χ4n) is 0.613. The number of aliphatic hydroxyl groups is 1. The summed E-state index contributed by atoms with van der Waals surface area (Å²) in [5.41, 5.74) is 0.574. The summed E-state index contributed by atoms with van der Waals surface area (Å²) in [6.07, 6.45) is 7.28. The van der Waals surface area contributed by atoms with Gasteiger partial charge in [-0.05, 0) is 0 Å². The van der Waals surface area contributed by atoms with E-state index in [-0.39, 0.29) is 5.76 Å². The Kier molecular flexibility index (Phi) is 1.49. The van der Waals surface area contributed by atoms with Crippen LogP contribution in [0.5, 0.6) is 0 Å². The Bertz CT molecular complexity index is 195. The zero-order chi connectivity index (χ0) is 6.69. The summed E-state index contributed by atoms with van der Waals surface area (Å²) < 4.78 is 0. The molecule has 0 radical (unpaired) electrons. The van der Waals surface area contributed by atoms with E-state index in [0.717, 1.165) is 0 Å². The van der Waals surface area contributed by atoms with E-state index in [1.54, 1.807) is 24.3 Å². The molecule has 0 spiro atoms. The first-order chi connectivity index (χ1) is 4.34. The van der Waals surface area contributed by atoms with Crippen LogP contribution in [-0.4, -0.2) is 11.4 Å². The largest absolute Gasteiger partial charge is 0.504 e. The monoisotopic (exact) mass is 122 g/mol. The van der Waals surface area contributed by atoms with Crippen molar-refractivity contribution in [2.75, 3.05) is 0 Å². The van der Waals surface area contributed by atoms with Gasteiger partial charge in [0.05, 0.1) is 0 Å². The van der Waals surface area contributed by atoms with Crippen LogP contribution in [-0.2, 0) is 4.79 Å². The first-order valence-electron chi connectivity index (χ1n) is 2.58. The van der Waals surface area contributed by atoms with Crippen LogP contribution in [0.1, 0.15) is 0 Å². The van der Waals surface area contributed by atoms with Gasteiger partial charge in [0, 0.05) is 5.57 Å². The van der Waals surface area contributed by atoms with Crippen LogP contribution in [0.2, 0.25) is 0 Å². The first-order valence-corrected chi connectivity index (χ1v) is 2.58. The number of hydrogen-bond donors (Lipinski definition) is 1. The van der Waals surface area contributed by atoms with Gasteiger partial charge in [0.25, 0.3) is 0 Å². The van der Waals surface area contributed by atoms with Crippen molar-refractivity contribution in [3.63, 3.8) is 0 Å². The number of aldehydes is 1. The van der Waals surface area contributed by atoms with Crippen LogP contribution in [0.15, 0.2) is 35.6 Å². The highest BCUT2D eigenvalue weighted by molar-refractivity contribution is 5.74. The highest BCUT2D eigenvalue weighted by atomic mass is 16.3. The summed E-state index contributed by atoms with van der Waals surface area (Å²) in [7, 11) is 0. The Labute approximate surface area is 52.8 Å². The summed E-state index contributed by atoms with van der Waals surface area (Å²) in [6, 6.07) is 0. The Balaban J connectivity index is 2.93. The molecule has 0 aromatic carbocycles. The number of allylic oxidation sites excluding steroid dienone is 6. The lowest BCUT2D eigenvalue weighted by atomic mass is 10.2. The molecule has 0 amide bonds. The average Bonchev–Trinajstić information content (AvgIpc) is 2.37. The quantitative estimate of drug-likeness (QED) is 0.321. The molecule has 0 unspecified atom stereocenters. The number of rotatable bonds is 1. The summed E-state index contributed by atoms with van der Waals surface area (Å²) >= 11 is 0. The summed E-state index contributed by atoms with van der Waals surface area (Å²) in [5, 5.41) is 8.77. The molecule has 0 aromatic heterocycles. The number of aliphatic hydroxyl groups excluding tert-OH is 1. The van der Waals surface area contributed by atoms with Gasteiger partial charge < -0.3 is 5.11 Å². The summed E-state index contributed by atoms with van der Waals surface area (Å²) in [6.45, 7) is 0. The highest BCUT2D eigenvalue weighted by Crippen LogP contribution is 2.09. The molecule has 1 aliphatic rings. The van der Waals surface area contributed by atoms with E-state index in [9.17, 15) is 4.79 Å². The van der Waals surface area contributed by atoms with Crippen molar-refractivity contribution in [2.24, 2.45) is 0 Å². The second-order valence-corrected chi connectivity index (χ2v) is 1.68. The predicted molar refractivity (Wildman–Crippen MR) is 34.0 cm³/mol. The van der Waals surface area contributed by atoms with Crippen molar-refractivity contribution < 1.29 is 9.90 Å². The van der Waals surface area contributed by atoms with Crippen LogP contribution in [0.3, 0.4) is 0 Å². The molecule has 9 heavy (non-hydrogen) atoms. The van der Waals surface area contributed by atoms with E-state index < -0.39 is 0 Å². The fourth-order valence-corrected chi connectivity index (χ4v) is 0.613. The van der Waals surface area contributed by atoms with Gasteiger partial charge in [0.15, 0.2) is 12.0 Å². The van der Waals surface area contributed by atoms with Gasteiger partial charge >= 0.3 is 0 Å². The lowest BCUT2D eigenvalue weighted by Gasteiger charge is -1.87. The SMILES string of the molecule is O=CC(O)=C1C=CC=C1. The number of hydrogen-bond acceptors (Lipinski definition) is 2. The predicted octanol–water partition coefficient (Wildman–Crippen LogP) is 1.12. The third kappa shape index (κ3) is 1.08. The van der Waals surface area contributed by atoms with Crippen molar-refractivity contribution >= 4 is 6.29 Å². The smallest absolute Gasteiger partial charge is 0.185 e. The van der Waals surface area contributed by atoms with Crippen molar-refractivity contribution in [3.8, 4) is 0 Å². The lowest BCUT2D eigenvalue weighted by Crippen LogP contribution is -1.84. The van der Waals surface area contributed by atoms with Gasteiger partial charge in [-0.2, -0.15) is 0 Å². The van der Waals surface area contributed by atoms with Crippen LogP contribution in [0.25, 0.3) is 0 Å². The van der Waals surface area contributed by atoms with Gasteiger partial charge in [-0.15, -0.1) is 0 Å². The number of carbonyl (C=O) groups is 1. The zero-order valence-corrected chi connectivity index (χ0v) is 4.74. The Morgan fingerprint density at radius 2 is 2.00 bits per heavy atom. The topological polar surface area (TPSA) is 37.3 Å². The Hall–Kier alpha value is -1.31. The third-order valence-electron chi connectivity index (χ3n) is 1.07. The molecule has 1 aliphatic carbocycles. The normalized spacial score (nSPS) is 14.4. The minimum absolute atomic E-state index is 0.208. The first kappa shape index (κ1) is 5.82. The van der Waals surface area contributed by atoms with Crippen LogP contribution >= 0.6 is 0 Å². The van der Waals surface area contributed by atoms with Crippen molar-refractivity contribution in [2.45, 2.75) is 0 Å². The third-order valence-corrected chi connectivity index (χ3v) is 1.07. The molecule has 0 atom stereocenters. The molecular formula is C7H6O2. The van der Waals surface area contributed by atoms with E-state index in [4.69, 9.17) is 5.11 Å². The molecule has 0 saturated heterocycles. The van der Waals surface area contributed by atoms with Crippen molar-refractivity contribution in [3.05, 3.63) is 35.6 Å². The van der Waals surface area contributed by atoms with Gasteiger partial charge in [-0.25, -0.2) is 0 Å². The van der Waals surface area contributed by atoms with Crippen LogP contribution in [0, 0.1) is 0 Å². The van der Waals surface area contributed by atoms with E-state index in [2.05, 4.69) is 0 Å². The zero-order valence-electron chi connectivity index (χ0n) is 4.74. The van der Waals surface area contributed by atoms with Crippen molar-refractivity contribution in [1.82, 2.24) is 0 Å². The number of carbonyl (C=O) groups excluding carboxylic acids is 1. The lowest BCUT2D eigenvalue weighted by molar-refractivity contribution is -0.107. The second kappa shape index (κ2) is 2.31. The van der Waals surface area contributed by atoms with Gasteiger partial charge in [0.1, 0.15) is 0 Å². The standard InChI is InChI=1S/C7H6O2/c8-5-7(9)6-3-1-2-4-6/h1-5,9H. The molecule has 1 N–H and O–H groups in total. The molecule has 0 saturated carbocycles. The van der Waals surface area contributed by atoms with E-state index >= 15 is 0 Å². The molecule has 46 valence electrons. The molecule has 0 heterocycles. The van der Waals surface area contributed by atoms with Gasteiger partial charge in [-0.3, -0.25) is 4.79 Å². The molecule has 0 fully saturated rings. The van der Waals surface area contributed by atoms with Gasteiger partial charge in [-0.1, -0.05) is 24.3 Å². The summed E-state index contributed by atoms with van der Waals surface area (Å²) in [5.74, 6) is -0.208. The molecule has 2 nitrogen and oxygen atoms in total. The Morgan fingerprint density at radius 3 is 2.44 bits per heavy atom. The summed E-state index contributed by atoms with van der Waals surface area (Å²) in [4.78, 5) is 9.92. The van der Waals surface area contributed by atoms with Crippen LogP contribution < -0.4 is 0 Å². The second-order valence-electron chi connectivity index (χ2n) is 1.68. The molecular weight excluding hydrogens is 116 g/mol. The maximum atomic E-state index is 9.92. The molecule has 1 rings (SSSR count). The van der Waals surface area contributed by atoms with Gasteiger partial charge in [0.2, 0.25) is 0 Å². The maximum absolute atomic E-state index is 9.92. The minimum Gasteiger partial charge on any atom is -0.504 e. The highest BCUT2D eigenvalue weighted by Gasteiger charge is 1.98. The van der Waals surface area contributed by atoms with E-state index in [1.165, 1.54) is 0 Å². The maximum Gasteiger partial charge on any atom is 0.185 e. The minimum atomic E-state index is -0.208. The van der Waals surface area contributed by atoms with E-state index in [0.29, 0.717) is 11.9 Å². The molecule has 0 aliphatic heterocycles. The van der Waals surface area contributed by atoms with Crippen LogP contribution in [0.4, 0.5) is 0 Å². The van der Waals surface area contributed by atoms with Crippen molar-refractivity contribution in [1.29, 1.82) is 0 Å². The molecule has 0 bridgehead atoms. The molecule has 2 heteroatoms. The average molecular weight is 122 g/mol. The Morgan fingerprint density at radius 1 is 1.44 bits per heavy atom. The fraction of sp³-hybridized carbons (Fsp3) is 0. The molecule has 0 aromatic rings.